The lowest BCUT2D eigenvalue weighted by molar-refractivity contribution is -0.0147. The number of ether oxygens (including phenoxy) is 1. The molecule has 3 aromatic carbocycles. The van der Waals surface area contributed by atoms with Crippen molar-refractivity contribution in [3.63, 3.8) is 0 Å². The van der Waals surface area contributed by atoms with Gasteiger partial charge >= 0.3 is 0 Å². The van der Waals surface area contributed by atoms with E-state index in [1.165, 1.54) is 4.31 Å². The van der Waals surface area contributed by atoms with Crippen LogP contribution in [0.1, 0.15) is 35.5 Å². The molecule has 0 saturated heterocycles. The third-order valence-electron chi connectivity index (χ3n) is 8.36. The first-order valence-corrected chi connectivity index (χ1v) is 15.7. The van der Waals surface area contributed by atoms with Gasteiger partial charge in [0, 0.05) is 49.6 Å². The first-order chi connectivity index (χ1) is 20.0. The highest BCUT2D eigenvalue weighted by molar-refractivity contribution is 7.89. The number of amides is 1. The van der Waals surface area contributed by atoms with Crippen molar-refractivity contribution in [1.82, 2.24) is 13.8 Å². The van der Waals surface area contributed by atoms with Crippen LogP contribution in [0.25, 0.3) is 22.0 Å². The van der Waals surface area contributed by atoms with E-state index in [1.807, 2.05) is 87.0 Å². The predicted molar refractivity (Wildman–Crippen MR) is 165 cm³/mol. The van der Waals surface area contributed by atoms with Crippen LogP contribution < -0.4 is 0 Å². The van der Waals surface area contributed by atoms with Crippen molar-refractivity contribution in [2.45, 2.75) is 44.4 Å². The highest BCUT2D eigenvalue weighted by atomic mass is 32.2. The number of aryl methyl sites for hydroxylation is 2. The number of aliphatic hydroxyl groups excluding tert-OH is 1. The van der Waals surface area contributed by atoms with Crippen molar-refractivity contribution >= 4 is 26.8 Å². The number of hydrogen-bond acceptors (Lipinski definition) is 5. The van der Waals surface area contributed by atoms with Crippen LogP contribution in [0.3, 0.4) is 0 Å². The molecule has 3 atom stereocenters. The van der Waals surface area contributed by atoms with E-state index in [0.717, 1.165) is 33.2 Å². The lowest BCUT2D eigenvalue weighted by atomic mass is 9.96. The Balaban J connectivity index is 1.61. The monoisotopic (exact) mass is 589 g/mol. The molecule has 0 saturated carbocycles. The molecule has 1 N–H and O–H groups in total. The Hall–Kier alpha value is -3.50. The molecule has 1 aromatic heterocycles. The molecule has 42 heavy (non-hydrogen) atoms. The Kier molecular flexibility index (Phi) is 8.57. The fourth-order valence-corrected chi connectivity index (χ4v) is 7.12. The summed E-state index contributed by atoms with van der Waals surface area (Å²) in [6.45, 7) is 6.07. The van der Waals surface area contributed by atoms with E-state index in [9.17, 15) is 18.3 Å². The summed E-state index contributed by atoms with van der Waals surface area (Å²) in [5, 5.41) is 11.2. The van der Waals surface area contributed by atoms with Crippen LogP contribution in [0.2, 0.25) is 0 Å². The average molecular weight is 590 g/mol. The van der Waals surface area contributed by atoms with Gasteiger partial charge in [0.1, 0.15) is 5.69 Å². The highest BCUT2D eigenvalue weighted by Gasteiger charge is 2.34. The molecule has 2 heterocycles. The van der Waals surface area contributed by atoms with Gasteiger partial charge in [0.25, 0.3) is 5.91 Å². The molecular weight excluding hydrogens is 550 g/mol. The van der Waals surface area contributed by atoms with Crippen LogP contribution >= 0.6 is 0 Å². The summed E-state index contributed by atoms with van der Waals surface area (Å²) in [5.41, 5.74) is 4.98. The third-order valence-corrected chi connectivity index (χ3v) is 10.2. The minimum absolute atomic E-state index is 0.102. The molecular formula is C33H39N3O5S. The number of fused-ring (bicyclic) bond motifs is 5. The maximum absolute atomic E-state index is 14.5. The summed E-state index contributed by atoms with van der Waals surface area (Å²) in [4.78, 5) is 16.4. The van der Waals surface area contributed by atoms with Crippen LogP contribution in [0, 0.1) is 12.8 Å². The van der Waals surface area contributed by atoms with Crippen molar-refractivity contribution in [1.29, 1.82) is 0 Å². The summed E-state index contributed by atoms with van der Waals surface area (Å²) in [7, 11) is -0.307. The largest absolute Gasteiger partial charge is 0.394 e. The van der Waals surface area contributed by atoms with Gasteiger partial charge in [0.2, 0.25) is 10.0 Å². The number of aliphatic hydroxyl groups is 1. The van der Waals surface area contributed by atoms with E-state index in [0.29, 0.717) is 5.69 Å². The minimum Gasteiger partial charge on any atom is -0.394 e. The van der Waals surface area contributed by atoms with E-state index >= 15 is 0 Å². The molecule has 0 bridgehead atoms. The molecule has 0 aliphatic carbocycles. The second kappa shape index (κ2) is 12.0. The first kappa shape index (κ1) is 30.0. The fraction of sp³-hybridized carbons (Fsp3) is 0.364. The van der Waals surface area contributed by atoms with E-state index < -0.39 is 22.2 Å². The van der Waals surface area contributed by atoms with Gasteiger partial charge in [0.05, 0.1) is 30.3 Å². The zero-order valence-electron chi connectivity index (χ0n) is 24.8. The SMILES string of the molecule is Cc1cccc(S(=O)(=O)N(C)C[C@H]2OCc3ccccc3-c3c(n(C)c4ccccc34)C(=O)N([C@@H](C)CO)C[C@@H]2C)c1. The number of carbonyl (C=O) groups excluding carboxylic acids is 1. The topological polar surface area (TPSA) is 92.1 Å². The van der Waals surface area contributed by atoms with Gasteiger partial charge in [-0.05, 0) is 48.7 Å². The molecule has 1 aliphatic heterocycles. The van der Waals surface area contributed by atoms with Crippen molar-refractivity contribution in [3.8, 4) is 11.1 Å². The van der Waals surface area contributed by atoms with E-state index in [-0.39, 0.29) is 43.0 Å². The number of hydrogen-bond donors (Lipinski definition) is 1. The van der Waals surface area contributed by atoms with Crippen molar-refractivity contribution < 1.29 is 23.1 Å². The van der Waals surface area contributed by atoms with Crippen LogP contribution in [0.4, 0.5) is 0 Å². The molecule has 0 radical (unpaired) electrons. The highest BCUT2D eigenvalue weighted by Crippen LogP contribution is 2.38. The Morgan fingerprint density at radius 3 is 2.52 bits per heavy atom. The number of carbonyl (C=O) groups is 1. The molecule has 0 unspecified atom stereocenters. The molecule has 0 spiro atoms. The molecule has 4 aromatic rings. The van der Waals surface area contributed by atoms with Crippen LogP contribution in [-0.4, -0.2) is 72.1 Å². The lowest BCUT2D eigenvalue weighted by Gasteiger charge is -2.35. The van der Waals surface area contributed by atoms with Gasteiger partial charge in [-0.15, -0.1) is 0 Å². The van der Waals surface area contributed by atoms with Crippen LogP contribution in [0.15, 0.2) is 77.7 Å². The molecule has 1 aliphatic rings. The third kappa shape index (κ3) is 5.49. The Labute approximate surface area is 248 Å². The standard InChI is InChI=1S/C33H39N3O5S/c1-22-11-10-13-26(17-22)42(39,40)34(4)19-30-23(2)18-36(24(3)20-37)33(38)32-31(27-14-7-6-12-25(27)21-41-30)28-15-8-9-16-29(28)35(32)5/h6-17,23-24,30,37H,18-21H2,1-5H3/t23-,24-,30+/m0/s1. The Morgan fingerprint density at radius 2 is 1.79 bits per heavy atom. The van der Waals surface area contributed by atoms with Crippen LogP contribution in [-0.2, 0) is 28.4 Å². The van der Waals surface area contributed by atoms with Crippen molar-refractivity contribution in [2.24, 2.45) is 13.0 Å². The number of para-hydroxylation sites is 1. The maximum Gasteiger partial charge on any atom is 0.271 e. The van der Waals surface area contributed by atoms with Gasteiger partial charge in [-0.1, -0.05) is 61.5 Å². The number of sulfonamides is 1. The number of rotatable bonds is 6. The van der Waals surface area contributed by atoms with Crippen LogP contribution in [0.5, 0.6) is 0 Å². The lowest BCUT2D eigenvalue weighted by Crippen LogP contribution is -2.48. The second-order valence-corrected chi connectivity index (χ2v) is 13.4. The minimum atomic E-state index is -3.77. The molecule has 222 valence electrons. The smallest absolute Gasteiger partial charge is 0.271 e. The van der Waals surface area contributed by atoms with E-state index in [2.05, 4.69) is 0 Å². The number of aromatic nitrogens is 1. The summed E-state index contributed by atoms with van der Waals surface area (Å²) < 4.78 is 36.8. The van der Waals surface area contributed by atoms with Crippen molar-refractivity contribution in [2.75, 3.05) is 26.7 Å². The zero-order chi connectivity index (χ0) is 30.2. The molecule has 0 fully saturated rings. The summed E-state index contributed by atoms with van der Waals surface area (Å²) in [5.74, 6) is -0.435. The second-order valence-electron chi connectivity index (χ2n) is 11.4. The molecule has 9 heteroatoms. The van der Waals surface area contributed by atoms with E-state index in [1.54, 1.807) is 30.1 Å². The quantitative estimate of drug-likeness (QED) is 0.348. The van der Waals surface area contributed by atoms with Gasteiger partial charge < -0.3 is 19.3 Å². The predicted octanol–water partition coefficient (Wildman–Crippen LogP) is 4.83. The summed E-state index contributed by atoms with van der Waals surface area (Å²) >= 11 is 0. The molecule has 1 amide bonds. The van der Waals surface area contributed by atoms with Gasteiger partial charge in [-0.25, -0.2) is 8.42 Å². The zero-order valence-corrected chi connectivity index (χ0v) is 25.6. The number of benzene rings is 3. The Morgan fingerprint density at radius 1 is 1.07 bits per heavy atom. The van der Waals surface area contributed by atoms with Gasteiger partial charge in [-0.3, -0.25) is 4.79 Å². The molecule has 8 nitrogen and oxygen atoms in total. The Bertz CT molecular complexity index is 1710. The van der Waals surface area contributed by atoms with E-state index in [4.69, 9.17) is 4.74 Å². The molecule has 5 rings (SSSR count). The average Bonchev–Trinajstić information content (AvgIpc) is 3.28. The number of likely N-dealkylation sites (N-methyl/N-ethyl adjacent to an activating group) is 1. The summed E-state index contributed by atoms with van der Waals surface area (Å²) in [6, 6.07) is 22.2. The summed E-state index contributed by atoms with van der Waals surface area (Å²) in [6.07, 6.45) is -0.526. The van der Waals surface area contributed by atoms with Gasteiger partial charge in [0.15, 0.2) is 0 Å². The first-order valence-electron chi connectivity index (χ1n) is 14.3. The fourth-order valence-electron chi connectivity index (χ4n) is 5.83. The maximum atomic E-state index is 14.5. The van der Waals surface area contributed by atoms with Gasteiger partial charge in [-0.2, -0.15) is 4.31 Å². The normalized spacial score (nSPS) is 18.9. The number of nitrogens with zero attached hydrogens (tertiary/aromatic N) is 3. The van der Waals surface area contributed by atoms with Crippen molar-refractivity contribution in [3.05, 3.63) is 89.6 Å².